The van der Waals surface area contributed by atoms with Crippen molar-refractivity contribution in [2.75, 3.05) is 0 Å². The molecule has 0 spiro atoms. The Bertz CT molecular complexity index is 688. The molecule has 0 saturated carbocycles. The van der Waals surface area contributed by atoms with Crippen LogP contribution in [0.25, 0.3) is 16.2 Å². The van der Waals surface area contributed by atoms with Crippen LogP contribution in [0.2, 0.25) is 0 Å². The predicted octanol–water partition coefficient (Wildman–Crippen LogP) is 2.60. The zero-order valence-corrected chi connectivity index (χ0v) is 11.7. The number of imidazole rings is 1. The molecule has 7 heteroatoms. The molecule has 2 aromatic heterocycles. The lowest BCUT2D eigenvalue weighted by Crippen LogP contribution is -2.09. The molecule has 0 radical (unpaired) electrons. The van der Waals surface area contributed by atoms with E-state index in [4.69, 9.17) is 0 Å². The van der Waals surface area contributed by atoms with Crippen LogP contribution in [-0.2, 0) is 4.79 Å². The maximum atomic E-state index is 10.8. The molecule has 0 aliphatic rings. The summed E-state index contributed by atoms with van der Waals surface area (Å²) in [5.74, 6) is -0.0946. The summed E-state index contributed by atoms with van der Waals surface area (Å²) < 4.78 is 5.14. The number of carbonyl (C=O) groups is 1. The first-order valence-corrected chi connectivity index (χ1v) is 7.21. The molecule has 0 fully saturated rings. The van der Waals surface area contributed by atoms with Crippen LogP contribution in [0.15, 0.2) is 40.9 Å². The van der Waals surface area contributed by atoms with Gasteiger partial charge in [0.1, 0.15) is 0 Å². The summed E-state index contributed by atoms with van der Waals surface area (Å²) in [4.78, 5) is 16.2. The average Bonchev–Trinajstić information content (AvgIpc) is 2.95. The average molecular weight is 290 g/mol. The summed E-state index contributed by atoms with van der Waals surface area (Å²) in [5, 5.41) is 4.35. The number of rotatable bonds is 3. The quantitative estimate of drug-likeness (QED) is 0.753. The van der Waals surface area contributed by atoms with E-state index in [1.807, 2.05) is 36.5 Å². The first-order chi connectivity index (χ1) is 9.22. The van der Waals surface area contributed by atoms with Gasteiger partial charge in [-0.15, -0.1) is 5.10 Å². The normalized spacial score (nSPS) is 10.8. The molecule has 3 aromatic rings. The predicted molar refractivity (Wildman–Crippen MR) is 76.0 cm³/mol. The van der Waals surface area contributed by atoms with Crippen molar-refractivity contribution >= 4 is 34.2 Å². The molecule has 1 aromatic carbocycles. The van der Waals surface area contributed by atoms with Gasteiger partial charge in [-0.05, 0) is 0 Å². The highest BCUT2D eigenvalue weighted by Crippen LogP contribution is 2.25. The Balaban J connectivity index is 1.87. The second-order valence-electron chi connectivity index (χ2n) is 3.85. The third-order valence-corrected chi connectivity index (χ3v) is 4.24. The van der Waals surface area contributed by atoms with Crippen LogP contribution in [-0.4, -0.2) is 20.5 Å². The second-order valence-corrected chi connectivity index (χ2v) is 5.86. The Morgan fingerprint density at radius 2 is 2.16 bits per heavy atom. The van der Waals surface area contributed by atoms with Crippen molar-refractivity contribution in [1.29, 1.82) is 0 Å². The van der Waals surface area contributed by atoms with Gasteiger partial charge in [-0.1, -0.05) is 41.7 Å². The summed E-state index contributed by atoms with van der Waals surface area (Å²) >= 11 is 2.65. The van der Waals surface area contributed by atoms with E-state index in [2.05, 4.69) is 14.8 Å². The number of nitrogens with zero attached hydrogens (tertiary/aromatic N) is 3. The Hall–Kier alpha value is -1.86. The lowest BCUT2D eigenvalue weighted by atomic mass is 10.2. The molecule has 0 aliphatic heterocycles. The Morgan fingerprint density at radius 3 is 2.84 bits per heavy atom. The third-order valence-electron chi connectivity index (χ3n) is 2.38. The summed E-state index contributed by atoms with van der Waals surface area (Å²) in [6.07, 6.45) is 1.89. The van der Waals surface area contributed by atoms with Gasteiger partial charge >= 0.3 is 0 Å². The zero-order valence-electron chi connectivity index (χ0n) is 10.0. The highest BCUT2D eigenvalue weighted by molar-refractivity contribution is 7.99. The van der Waals surface area contributed by atoms with Crippen molar-refractivity contribution in [3.63, 3.8) is 0 Å². The van der Waals surface area contributed by atoms with Crippen LogP contribution >= 0.6 is 23.3 Å². The number of fused-ring (bicyclic) bond motifs is 1. The summed E-state index contributed by atoms with van der Waals surface area (Å²) in [6, 6.07) is 9.96. The molecule has 0 saturated heterocycles. The van der Waals surface area contributed by atoms with E-state index in [1.54, 1.807) is 4.52 Å². The van der Waals surface area contributed by atoms with E-state index < -0.39 is 0 Å². The van der Waals surface area contributed by atoms with E-state index in [0.29, 0.717) is 0 Å². The zero-order chi connectivity index (χ0) is 13.2. The van der Waals surface area contributed by atoms with Crippen molar-refractivity contribution in [3.8, 4) is 11.3 Å². The number of amides is 1. The largest absolute Gasteiger partial charge is 0.294 e. The van der Waals surface area contributed by atoms with E-state index in [0.717, 1.165) is 20.6 Å². The van der Waals surface area contributed by atoms with Gasteiger partial charge in [0.05, 0.1) is 11.9 Å². The van der Waals surface area contributed by atoms with Crippen LogP contribution in [0.4, 0.5) is 0 Å². The molecule has 0 unspecified atom stereocenters. The minimum atomic E-state index is -0.0946. The standard InChI is InChI=1S/C12H10N4OS2/c1-8(17)15-19-12-14-16-7-10(13-11(16)18-12)9-5-3-2-4-6-9/h2-7H,1H3,(H,15,17). The molecule has 0 bridgehead atoms. The minimum absolute atomic E-state index is 0.0946. The highest BCUT2D eigenvalue weighted by atomic mass is 32.2. The molecule has 2 heterocycles. The molecule has 3 rings (SSSR count). The lowest BCUT2D eigenvalue weighted by molar-refractivity contribution is -0.117. The number of nitrogens with one attached hydrogen (secondary N) is 1. The highest BCUT2D eigenvalue weighted by Gasteiger charge is 2.10. The second kappa shape index (κ2) is 5.02. The molecule has 0 atom stereocenters. The van der Waals surface area contributed by atoms with Gasteiger partial charge in [0.15, 0.2) is 4.34 Å². The third kappa shape index (κ3) is 2.61. The Morgan fingerprint density at radius 1 is 1.37 bits per heavy atom. The maximum Gasteiger partial charge on any atom is 0.227 e. The molecule has 96 valence electrons. The lowest BCUT2D eigenvalue weighted by Gasteiger charge is -1.94. The molecule has 19 heavy (non-hydrogen) atoms. The van der Waals surface area contributed by atoms with Crippen LogP contribution in [0.1, 0.15) is 6.92 Å². The van der Waals surface area contributed by atoms with E-state index in [1.165, 1.54) is 30.2 Å². The molecule has 1 amide bonds. The molecule has 5 nitrogen and oxygen atoms in total. The number of aromatic nitrogens is 3. The van der Waals surface area contributed by atoms with Crippen molar-refractivity contribution in [3.05, 3.63) is 36.5 Å². The van der Waals surface area contributed by atoms with Gasteiger partial charge in [0, 0.05) is 24.4 Å². The van der Waals surface area contributed by atoms with Gasteiger partial charge < -0.3 is 0 Å². The Labute approximate surface area is 117 Å². The van der Waals surface area contributed by atoms with Crippen molar-refractivity contribution in [2.45, 2.75) is 11.3 Å². The monoisotopic (exact) mass is 290 g/mol. The minimum Gasteiger partial charge on any atom is -0.294 e. The van der Waals surface area contributed by atoms with Gasteiger partial charge in [-0.2, -0.15) is 0 Å². The number of carbonyl (C=O) groups excluding carboxylic acids is 1. The smallest absolute Gasteiger partial charge is 0.227 e. The number of hydrogen-bond acceptors (Lipinski definition) is 5. The molecule has 1 N–H and O–H groups in total. The van der Waals surface area contributed by atoms with Crippen LogP contribution in [0, 0.1) is 0 Å². The fourth-order valence-electron chi connectivity index (χ4n) is 1.59. The summed E-state index contributed by atoms with van der Waals surface area (Å²) in [5.41, 5.74) is 1.96. The van der Waals surface area contributed by atoms with Gasteiger partial charge in [-0.3, -0.25) is 9.52 Å². The van der Waals surface area contributed by atoms with Crippen LogP contribution in [0.5, 0.6) is 0 Å². The maximum absolute atomic E-state index is 10.8. The van der Waals surface area contributed by atoms with E-state index >= 15 is 0 Å². The van der Waals surface area contributed by atoms with Crippen LogP contribution < -0.4 is 4.72 Å². The van der Waals surface area contributed by atoms with Crippen molar-refractivity contribution in [1.82, 2.24) is 19.3 Å². The van der Waals surface area contributed by atoms with Crippen molar-refractivity contribution < 1.29 is 4.79 Å². The van der Waals surface area contributed by atoms with Gasteiger partial charge in [0.2, 0.25) is 10.9 Å². The summed E-state index contributed by atoms with van der Waals surface area (Å²) in [6.45, 7) is 1.47. The van der Waals surface area contributed by atoms with E-state index in [-0.39, 0.29) is 5.91 Å². The SMILES string of the molecule is CC(=O)NSc1nn2cc(-c3ccccc3)nc2s1. The topological polar surface area (TPSA) is 59.3 Å². The molecular formula is C12H10N4OS2. The fourth-order valence-corrected chi connectivity index (χ4v) is 3.08. The first-order valence-electron chi connectivity index (χ1n) is 5.57. The molecule has 0 aliphatic carbocycles. The summed E-state index contributed by atoms with van der Waals surface area (Å²) in [7, 11) is 0. The fraction of sp³-hybridized carbons (Fsp3) is 0.0833. The van der Waals surface area contributed by atoms with E-state index in [9.17, 15) is 4.79 Å². The van der Waals surface area contributed by atoms with Gasteiger partial charge in [0.25, 0.3) is 0 Å². The first kappa shape index (κ1) is 12.2. The van der Waals surface area contributed by atoms with Crippen LogP contribution in [0.3, 0.4) is 0 Å². The Kier molecular flexibility index (Phi) is 3.22. The molecular weight excluding hydrogens is 280 g/mol. The van der Waals surface area contributed by atoms with Crippen molar-refractivity contribution in [2.24, 2.45) is 0 Å². The van der Waals surface area contributed by atoms with Gasteiger partial charge in [-0.25, -0.2) is 9.50 Å². The number of benzene rings is 1. The number of hydrogen-bond donors (Lipinski definition) is 1.